The first-order chi connectivity index (χ1) is 9.99. The van der Waals surface area contributed by atoms with Crippen molar-refractivity contribution in [2.45, 2.75) is 33.1 Å². The molecule has 0 atom stereocenters. The summed E-state index contributed by atoms with van der Waals surface area (Å²) in [6, 6.07) is 1.27. The molecule has 0 amide bonds. The molecule has 116 valence electrons. The fourth-order valence-electron chi connectivity index (χ4n) is 1.61. The molecular weight excluding hydrogens is 296 g/mol. The third-order valence-electron chi connectivity index (χ3n) is 2.62. The SMILES string of the molecule is CCCNc1[nH]c(=O)c(Cl)cc1C(=O)CC(=O)OCCC. The Kier molecular flexibility index (Phi) is 6.94. The lowest BCUT2D eigenvalue weighted by molar-refractivity contribution is -0.142. The number of Topliss-reactive ketones (excluding diaryl/α,β-unsaturated/α-hetero) is 1. The van der Waals surface area contributed by atoms with E-state index in [1.807, 2.05) is 13.8 Å². The smallest absolute Gasteiger partial charge is 0.313 e. The third-order valence-corrected chi connectivity index (χ3v) is 2.90. The van der Waals surface area contributed by atoms with Crippen LogP contribution in [0.1, 0.15) is 43.5 Å². The molecule has 0 aliphatic rings. The summed E-state index contributed by atoms with van der Waals surface area (Å²) < 4.78 is 4.87. The molecule has 1 rings (SSSR count). The number of ether oxygens (including phenoxy) is 1. The van der Waals surface area contributed by atoms with Crippen LogP contribution in [0.15, 0.2) is 10.9 Å². The zero-order chi connectivity index (χ0) is 15.8. The van der Waals surface area contributed by atoms with Crippen LogP contribution in [0.25, 0.3) is 0 Å². The van der Waals surface area contributed by atoms with E-state index in [4.69, 9.17) is 16.3 Å². The zero-order valence-corrected chi connectivity index (χ0v) is 12.9. The molecule has 0 radical (unpaired) electrons. The van der Waals surface area contributed by atoms with Gasteiger partial charge in [0.15, 0.2) is 5.78 Å². The van der Waals surface area contributed by atoms with E-state index in [2.05, 4.69) is 10.3 Å². The Morgan fingerprint density at radius 1 is 1.33 bits per heavy atom. The molecule has 0 spiro atoms. The van der Waals surface area contributed by atoms with Gasteiger partial charge in [0.05, 0.1) is 12.2 Å². The molecule has 7 heteroatoms. The maximum Gasteiger partial charge on any atom is 0.313 e. The second-order valence-electron chi connectivity index (χ2n) is 4.48. The van der Waals surface area contributed by atoms with Crippen molar-refractivity contribution in [3.05, 3.63) is 27.0 Å². The number of carbonyl (C=O) groups is 2. The Hall–Kier alpha value is -1.82. The summed E-state index contributed by atoms with van der Waals surface area (Å²) in [7, 11) is 0. The van der Waals surface area contributed by atoms with Gasteiger partial charge in [-0.05, 0) is 18.9 Å². The van der Waals surface area contributed by atoms with Gasteiger partial charge < -0.3 is 15.0 Å². The molecule has 0 aliphatic carbocycles. The van der Waals surface area contributed by atoms with Gasteiger partial charge in [-0.2, -0.15) is 0 Å². The van der Waals surface area contributed by atoms with E-state index in [0.29, 0.717) is 13.0 Å². The Morgan fingerprint density at radius 2 is 2.05 bits per heavy atom. The highest BCUT2D eigenvalue weighted by Crippen LogP contribution is 2.17. The van der Waals surface area contributed by atoms with E-state index in [-0.39, 0.29) is 29.4 Å². The molecule has 0 bridgehead atoms. The summed E-state index contributed by atoms with van der Waals surface area (Å²) in [6.45, 7) is 4.67. The fraction of sp³-hybridized carbons (Fsp3) is 0.500. The van der Waals surface area contributed by atoms with E-state index in [0.717, 1.165) is 6.42 Å². The number of rotatable bonds is 8. The number of halogens is 1. The van der Waals surface area contributed by atoms with Crippen LogP contribution >= 0.6 is 11.6 Å². The first-order valence-electron chi connectivity index (χ1n) is 6.85. The maximum absolute atomic E-state index is 12.1. The minimum absolute atomic E-state index is 0.0951. The molecule has 0 aliphatic heterocycles. The van der Waals surface area contributed by atoms with E-state index >= 15 is 0 Å². The van der Waals surface area contributed by atoms with Gasteiger partial charge >= 0.3 is 5.97 Å². The molecule has 0 unspecified atom stereocenters. The lowest BCUT2D eigenvalue weighted by Crippen LogP contribution is -2.19. The van der Waals surface area contributed by atoms with E-state index in [1.54, 1.807) is 0 Å². The van der Waals surface area contributed by atoms with Crippen molar-refractivity contribution < 1.29 is 14.3 Å². The van der Waals surface area contributed by atoms with Crippen LogP contribution in [0.5, 0.6) is 0 Å². The topological polar surface area (TPSA) is 88.3 Å². The Bertz CT molecular complexity index is 569. The third kappa shape index (κ3) is 5.23. The number of H-pyrrole nitrogens is 1. The monoisotopic (exact) mass is 314 g/mol. The second-order valence-corrected chi connectivity index (χ2v) is 4.89. The number of pyridine rings is 1. The highest BCUT2D eigenvalue weighted by molar-refractivity contribution is 6.31. The van der Waals surface area contributed by atoms with Gasteiger partial charge in [-0.3, -0.25) is 14.4 Å². The van der Waals surface area contributed by atoms with Gasteiger partial charge in [0.1, 0.15) is 17.3 Å². The standard InChI is InChI=1S/C14H19ClN2O4/c1-3-5-16-13-9(7-10(15)14(20)17-13)11(18)8-12(19)21-6-4-2/h7H,3-6,8H2,1-2H3,(H2,16,17,20). The lowest BCUT2D eigenvalue weighted by Gasteiger charge is -2.10. The van der Waals surface area contributed by atoms with Crippen molar-refractivity contribution in [3.63, 3.8) is 0 Å². The minimum atomic E-state index is -0.592. The number of hydrogen-bond donors (Lipinski definition) is 2. The van der Waals surface area contributed by atoms with Crippen LogP contribution in [0.3, 0.4) is 0 Å². The van der Waals surface area contributed by atoms with E-state index in [9.17, 15) is 14.4 Å². The molecule has 0 saturated carbocycles. The molecule has 0 saturated heterocycles. The summed E-state index contributed by atoms with van der Waals surface area (Å²) >= 11 is 5.74. The number of esters is 1. The van der Waals surface area contributed by atoms with Gasteiger partial charge in [-0.25, -0.2) is 0 Å². The maximum atomic E-state index is 12.1. The summed E-state index contributed by atoms with van der Waals surface area (Å²) in [4.78, 5) is 37.7. The normalized spacial score (nSPS) is 10.2. The molecule has 0 aromatic carbocycles. The largest absolute Gasteiger partial charge is 0.465 e. The van der Waals surface area contributed by atoms with Crippen LogP contribution in [-0.2, 0) is 9.53 Å². The molecule has 6 nitrogen and oxygen atoms in total. The van der Waals surface area contributed by atoms with Gasteiger partial charge in [-0.1, -0.05) is 25.4 Å². The van der Waals surface area contributed by atoms with E-state index in [1.165, 1.54) is 6.07 Å². The van der Waals surface area contributed by atoms with E-state index < -0.39 is 17.3 Å². The van der Waals surface area contributed by atoms with Crippen molar-refractivity contribution >= 4 is 29.2 Å². The van der Waals surface area contributed by atoms with Crippen LogP contribution in [0.4, 0.5) is 5.82 Å². The van der Waals surface area contributed by atoms with Crippen molar-refractivity contribution in [1.29, 1.82) is 0 Å². The average molecular weight is 315 g/mol. The Morgan fingerprint density at radius 3 is 2.67 bits per heavy atom. The van der Waals surface area contributed by atoms with Gasteiger partial charge in [0.2, 0.25) is 0 Å². The predicted octanol–water partition coefficient (Wildman–Crippen LogP) is 2.38. The number of hydrogen-bond acceptors (Lipinski definition) is 5. The van der Waals surface area contributed by atoms with Crippen molar-refractivity contribution in [2.24, 2.45) is 0 Å². The quantitative estimate of drug-likeness (QED) is 0.437. The highest BCUT2D eigenvalue weighted by atomic mass is 35.5. The first kappa shape index (κ1) is 17.2. The second kappa shape index (κ2) is 8.46. The van der Waals surface area contributed by atoms with Crippen molar-refractivity contribution in [1.82, 2.24) is 4.98 Å². The van der Waals surface area contributed by atoms with Crippen LogP contribution in [-0.4, -0.2) is 29.9 Å². The molecular formula is C14H19ClN2O4. The zero-order valence-electron chi connectivity index (χ0n) is 12.1. The van der Waals surface area contributed by atoms with Gasteiger partial charge in [0.25, 0.3) is 5.56 Å². The number of ketones is 1. The number of anilines is 1. The lowest BCUT2D eigenvalue weighted by atomic mass is 10.1. The van der Waals surface area contributed by atoms with Gasteiger partial charge in [0, 0.05) is 6.54 Å². The number of nitrogens with one attached hydrogen (secondary N) is 2. The molecule has 21 heavy (non-hydrogen) atoms. The van der Waals surface area contributed by atoms with Crippen LogP contribution in [0, 0.1) is 0 Å². The number of aromatic amines is 1. The van der Waals surface area contributed by atoms with Crippen LogP contribution in [0.2, 0.25) is 5.02 Å². The molecule has 2 N–H and O–H groups in total. The van der Waals surface area contributed by atoms with Crippen molar-refractivity contribution in [2.75, 3.05) is 18.5 Å². The van der Waals surface area contributed by atoms with Gasteiger partial charge in [-0.15, -0.1) is 0 Å². The molecule has 1 heterocycles. The number of aromatic nitrogens is 1. The highest BCUT2D eigenvalue weighted by Gasteiger charge is 2.18. The Balaban J connectivity index is 2.93. The first-order valence-corrected chi connectivity index (χ1v) is 7.22. The summed E-state index contributed by atoms with van der Waals surface area (Å²) in [5.74, 6) is -0.766. The summed E-state index contributed by atoms with van der Waals surface area (Å²) in [5.41, 5.74) is -0.304. The Labute approximate surface area is 127 Å². The average Bonchev–Trinajstić information content (AvgIpc) is 2.45. The summed E-state index contributed by atoms with van der Waals surface area (Å²) in [6.07, 6.45) is 1.12. The van der Waals surface area contributed by atoms with Crippen molar-refractivity contribution in [3.8, 4) is 0 Å². The molecule has 1 aromatic rings. The fourth-order valence-corrected chi connectivity index (χ4v) is 1.76. The molecule has 0 fully saturated rings. The number of carbonyl (C=O) groups excluding carboxylic acids is 2. The predicted molar refractivity (Wildman–Crippen MR) is 81.1 cm³/mol. The summed E-state index contributed by atoms with van der Waals surface area (Å²) in [5, 5.41) is 2.85. The van der Waals surface area contributed by atoms with Crippen LogP contribution < -0.4 is 10.9 Å². The minimum Gasteiger partial charge on any atom is -0.465 e. The molecule has 1 aromatic heterocycles.